The molecule has 0 radical (unpaired) electrons. The van der Waals surface area contributed by atoms with Crippen molar-refractivity contribution in [1.82, 2.24) is 4.90 Å². The molecule has 0 aromatic heterocycles. The second-order valence-corrected chi connectivity index (χ2v) is 6.04. The van der Waals surface area contributed by atoms with Crippen molar-refractivity contribution in [1.29, 1.82) is 0 Å². The van der Waals surface area contributed by atoms with Crippen LogP contribution in [0.1, 0.15) is 24.8 Å². The molecular weight excluding hydrogens is 346 g/mol. The summed E-state index contributed by atoms with van der Waals surface area (Å²) in [5.74, 6) is 0.114. The van der Waals surface area contributed by atoms with Crippen LogP contribution in [0.25, 0.3) is 0 Å². The number of carbonyl (C=O) groups excluding carboxylic acids is 2. The van der Waals surface area contributed by atoms with Gasteiger partial charge in [0.1, 0.15) is 18.1 Å². The lowest BCUT2D eigenvalue weighted by molar-refractivity contribution is -0.139. The van der Waals surface area contributed by atoms with Gasteiger partial charge in [0, 0.05) is 30.1 Å². The molecule has 1 unspecified atom stereocenters. The summed E-state index contributed by atoms with van der Waals surface area (Å²) < 4.78 is 16.1. The average Bonchev–Trinajstić information content (AvgIpc) is 2.68. The van der Waals surface area contributed by atoms with Crippen LogP contribution >= 0.6 is 0 Å². The number of hydrogen-bond donors (Lipinski definition) is 0. The van der Waals surface area contributed by atoms with Crippen LogP contribution in [0.5, 0.6) is 11.5 Å². The van der Waals surface area contributed by atoms with E-state index in [-0.39, 0.29) is 18.9 Å². The third-order valence-corrected chi connectivity index (χ3v) is 4.50. The number of benzene rings is 1. The quantitative estimate of drug-likeness (QED) is 0.519. The number of methoxy groups -OCH3 is 2. The first-order valence-electron chi connectivity index (χ1n) is 8.60. The van der Waals surface area contributed by atoms with E-state index in [0.717, 1.165) is 0 Å². The van der Waals surface area contributed by atoms with Crippen LogP contribution in [-0.4, -0.2) is 44.1 Å². The van der Waals surface area contributed by atoms with Crippen molar-refractivity contribution in [2.24, 2.45) is 0 Å². The molecule has 0 aliphatic carbocycles. The van der Waals surface area contributed by atoms with Crippen LogP contribution in [0.4, 0.5) is 0 Å². The lowest BCUT2D eigenvalue weighted by Crippen LogP contribution is -2.38. The number of hydrogen-bond acceptors (Lipinski definition) is 5. The molecule has 1 aromatic carbocycles. The number of allylic oxidation sites excluding steroid dienone is 1. The molecule has 1 heterocycles. The Bertz CT molecular complexity index is 781. The van der Waals surface area contributed by atoms with Crippen LogP contribution in [0.3, 0.4) is 0 Å². The van der Waals surface area contributed by atoms with Crippen molar-refractivity contribution in [3.63, 3.8) is 0 Å². The summed E-state index contributed by atoms with van der Waals surface area (Å²) in [4.78, 5) is 27.1. The Kier molecular flexibility index (Phi) is 6.82. The van der Waals surface area contributed by atoms with E-state index >= 15 is 0 Å². The molecule has 1 aliphatic rings. The third-order valence-electron chi connectivity index (χ3n) is 4.50. The minimum absolute atomic E-state index is 0.0903. The van der Waals surface area contributed by atoms with Gasteiger partial charge >= 0.3 is 5.97 Å². The highest BCUT2D eigenvalue weighted by Crippen LogP contribution is 2.42. The van der Waals surface area contributed by atoms with Gasteiger partial charge in [-0.2, -0.15) is 0 Å². The molecule has 0 saturated heterocycles. The van der Waals surface area contributed by atoms with E-state index in [1.165, 1.54) is 6.08 Å². The summed E-state index contributed by atoms with van der Waals surface area (Å²) in [5.41, 5.74) is 1.67. The predicted octanol–water partition coefficient (Wildman–Crippen LogP) is 3.21. The first kappa shape index (κ1) is 20.3. The number of ether oxygens (including phenoxy) is 3. The van der Waals surface area contributed by atoms with Gasteiger partial charge in [0.05, 0.1) is 19.8 Å². The average molecular weight is 371 g/mol. The van der Waals surface area contributed by atoms with Gasteiger partial charge in [-0.15, -0.1) is 6.58 Å². The first-order chi connectivity index (χ1) is 13.0. The molecule has 1 atom stereocenters. The standard InChI is InChI=1S/C21H25NO5/c1-6-10-22-14(3)20(21(24)27-11-7-2)17(13-19(22)23)16-12-15(25-4)8-9-18(16)26-5/h6-9,12,17H,1-2,10-11,13H2,3-5H3. The maximum atomic E-state index is 12.8. The molecule has 1 amide bonds. The monoisotopic (exact) mass is 371 g/mol. The number of nitrogens with zero attached hydrogens (tertiary/aromatic N) is 1. The van der Waals surface area contributed by atoms with Crippen LogP contribution in [0.2, 0.25) is 0 Å². The summed E-state index contributed by atoms with van der Waals surface area (Å²) in [6.45, 7) is 9.42. The molecule has 1 aliphatic heterocycles. The smallest absolute Gasteiger partial charge is 0.336 e. The van der Waals surface area contributed by atoms with Crippen LogP contribution in [0.15, 0.2) is 54.8 Å². The topological polar surface area (TPSA) is 65.1 Å². The molecule has 0 bridgehead atoms. The van der Waals surface area contributed by atoms with Crippen molar-refractivity contribution in [2.45, 2.75) is 19.3 Å². The summed E-state index contributed by atoms with van der Waals surface area (Å²) in [6, 6.07) is 5.31. The van der Waals surface area contributed by atoms with E-state index in [1.54, 1.807) is 50.3 Å². The maximum absolute atomic E-state index is 12.8. The number of rotatable bonds is 8. The Labute approximate surface area is 159 Å². The van der Waals surface area contributed by atoms with Crippen LogP contribution < -0.4 is 9.47 Å². The van der Waals surface area contributed by atoms with Crippen molar-refractivity contribution < 1.29 is 23.8 Å². The molecule has 0 spiro atoms. The largest absolute Gasteiger partial charge is 0.497 e. The Morgan fingerprint density at radius 3 is 2.59 bits per heavy atom. The van der Waals surface area contributed by atoms with E-state index in [1.807, 2.05) is 0 Å². The van der Waals surface area contributed by atoms with E-state index in [4.69, 9.17) is 14.2 Å². The Hall–Kier alpha value is -3.02. The summed E-state index contributed by atoms with van der Waals surface area (Å²) in [6.07, 6.45) is 3.25. The molecule has 0 fully saturated rings. The zero-order valence-corrected chi connectivity index (χ0v) is 16.0. The molecule has 6 heteroatoms. The van der Waals surface area contributed by atoms with E-state index < -0.39 is 11.9 Å². The molecular formula is C21H25NO5. The second-order valence-electron chi connectivity index (χ2n) is 6.04. The van der Waals surface area contributed by atoms with Crippen LogP contribution in [-0.2, 0) is 14.3 Å². The fraction of sp³-hybridized carbons (Fsp3) is 0.333. The highest BCUT2D eigenvalue weighted by atomic mass is 16.5. The summed E-state index contributed by atoms with van der Waals surface area (Å²) in [7, 11) is 3.11. The minimum atomic E-state index is -0.499. The Balaban J connectivity index is 2.62. The van der Waals surface area contributed by atoms with Crippen molar-refractivity contribution >= 4 is 11.9 Å². The third kappa shape index (κ3) is 4.22. The van der Waals surface area contributed by atoms with Crippen LogP contribution in [0, 0.1) is 0 Å². The fourth-order valence-electron chi connectivity index (χ4n) is 3.22. The van der Waals surface area contributed by atoms with E-state index in [0.29, 0.717) is 34.9 Å². The zero-order valence-electron chi connectivity index (χ0n) is 16.0. The van der Waals surface area contributed by atoms with Crippen molar-refractivity contribution in [3.05, 3.63) is 60.3 Å². The van der Waals surface area contributed by atoms with Gasteiger partial charge in [-0.05, 0) is 25.1 Å². The predicted molar refractivity (Wildman–Crippen MR) is 103 cm³/mol. The highest BCUT2D eigenvalue weighted by molar-refractivity contribution is 5.96. The first-order valence-corrected chi connectivity index (χ1v) is 8.60. The molecule has 6 nitrogen and oxygen atoms in total. The number of esters is 1. The van der Waals surface area contributed by atoms with Crippen molar-refractivity contribution in [3.8, 4) is 11.5 Å². The fourth-order valence-corrected chi connectivity index (χ4v) is 3.22. The van der Waals surface area contributed by atoms with E-state index in [9.17, 15) is 9.59 Å². The summed E-state index contributed by atoms with van der Waals surface area (Å²) in [5, 5.41) is 0. The second kappa shape index (κ2) is 9.07. The SMILES string of the molecule is C=CCOC(=O)C1=C(C)N(CC=C)C(=O)CC1c1cc(OC)ccc1OC. The normalized spacial score (nSPS) is 16.8. The molecule has 1 aromatic rings. The number of carbonyl (C=O) groups is 2. The van der Waals surface area contributed by atoms with Gasteiger partial charge in [-0.1, -0.05) is 18.7 Å². The van der Waals surface area contributed by atoms with E-state index in [2.05, 4.69) is 13.2 Å². The molecule has 144 valence electrons. The zero-order chi connectivity index (χ0) is 20.0. The van der Waals surface area contributed by atoms with Gasteiger partial charge in [0.25, 0.3) is 0 Å². The Morgan fingerprint density at radius 1 is 1.26 bits per heavy atom. The van der Waals surface area contributed by atoms with Gasteiger partial charge in [-0.25, -0.2) is 4.79 Å². The lowest BCUT2D eigenvalue weighted by atomic mass is 9.83. The number of amides is 1. The molecule has 2 rings (SSSR count). The molecule has 27 heavy (non-hydrogen) atoms. The van der Waals surface area contributed by atoms with Gasteiger partial charge in [-0.3, -0.25) is 4.79 Å². The highest BCUT2D eigenvalue weighted by Gasteiger charge is 2.38. The summed E-state index contributed by atoms with van der Waals surface area (Å²) >= 11 is 0. The Morgan fingerprint density at radius 2 is 2.00 bits per heavy atom. The van der Waals surface area contributed by atoms with Gasteiger partial charge < -0.3 is 19.1 Å². The maximum Gasteiger partial charge on any atom is 0.336 e. The lowest BCUT2D eigenvalue weighted by Gasteiger charge is -2.34. The van der Waals surface area contributed by atoms with Gasteiger partial charge in [0.2, 0.25) is 5.91 Å². The van der Waals surface area contributed by atoms with Crippen molar-refractivity contribution in [2.75, 3.05) is 27.4 Å². The minimum Gasteiger partial charge on any atom is -0.497 e. The van der Waals surface area contributed by atoms with Gasteiger partial charge in [0.15, 0.2) is 0 Å². The molecule has 0 N–H and O–H groups in total. The molecule has 0 saturated carbocycles.